The van der Waals surface area contributed by atoms with Crippen LogP contribution in [0.2, 0.25) is 0 Å². The largest absolute Gasteiger partial charge is 0.497 e. The molecule has 0 amide bonds. The molecule has 0 saturated heterocycles. The van der Waals surface area contributed by atoms with E-state index in [-0.39, 0.29) is 0 Å². The van der Waals surface area contributed by atoms with Crippen LogP contribution < -0.4 is 10.6 Å². The van der Waals surface area contributed by atoms with E-state index >= 15 is 0 Å². The van der Waals surface area contributed by atoms with Gasteiger partial charge in [-0.2, -0.15) is 0 Å². The summed E-state index contributed by atoms with van der Waals surface area (Å²) in [6.07, 6.45) is 3.77. The zero-order valence-electron chi connectivity index (χ0n) is 7.57. The first-order chi connectivity index (χ1) is 6.36. The summed E-state index contributed by atoms with van der Waals surface area (Å²) >= 11 is 0. The molecule has 0 aliphatic carbocycles. The maximum atomic E-state index is 5.07. The van der Waals surface area contributed by atoms with Crippen LogP contribution in [0.4, 0.5) is 0 Å². The van der Waals surface area contributed by atoms with Crippen molar-refractivity contribution in [3.63, 3.8) is 0 Å². The molecule has 0 atom stereocenters. The van der Waals surface area contributed by atoms with Gasteiger partial charge in [0.2, 0.25) is 0 Å². The van der Waals surface area contributed by atoms with Crippen LogP contribution >= 0.6 is 0 Å². The molecule has 13 heavy (non-hydrogen) atoms. The molecule has 0 aromatic heterocycles. The molecule has 0 aliphatic heterocycles. The zero-order valence-corrected chi connectivity index (χ0v) is 7.57. The van der Waals surface area contributed by atoms with E-state index < -0.39 is 0 Å². The monoisotopic (exact) mass is 179 g/mol. The SMILES string of the molecule is COc1cccc(/C=C/CON)c1. The van der Waals surface area contributed by atoms with E-state index in [1.165, 1.54) is 0 Å². The molecule has 0 fully saturated rings. The van der Waals surface area contributed by atoms with Gasteiger partial charge in [0.25, 0.3) is 0 Å². The third-order valence-corrected chi connectivity index (χ3v) is 1.60. The highest BCUT2D eigenvalue weighted by atomic mass is 16.6. The maximum absolute atomic E-state index is 5.07. The summed E-state index contributed by atoms with van der Waals surface area (Å²) < 4.78 is 5.07. The van der Waals surface area contributed by atoms with E-state index in [0.29, 0.717) is 6.61 Å². The minimum Gasteiger partial charge on any atom is -0.497 e. The Kier molecular flexibility index (Phi) is 4.02. The van der Waals surface area contributed by atoms with E-state index in [1.807, 2.05) is 36.4 Å². The lowest BCUT2D eigenvalue weighted by Crippen LogP contribution is -1.96. The highest BCUT2D eigenvalue weighted by Gasteiger charge is 1.90. The molecule has 0 radical (unpaired) electrons. The van der Waals surface area contributed by atoms with Crippen molar-refractivity contribution in [3.05, 3.63) is 35.9 Å². The highest BCUT2D eigenvalue weighted by Crippen LogP contribution is 2.13. The Balaban J connectivity index is 2.66. The van der Waals surface area contributed by atoms with Crippen LogP contribution in [0, 0.1) is 0 Å². The predicted octanol–water partition coefficient (Wildman–Crippen LogP) is 1.60. The zero-order chi connectivity index (χ0) is 9.52. The second-order valence-electron chi connectivity index (χ2n) is 2.51. The minimum atomic E-state index is 0.414. The van der Waals surface area contributed by atoms with Crippen molar-refractivity contribution in [2.75, 3.05) is 13.7 Å². The van der Waals surface area contributed by atoms with Crippen LogP contribution in [0.25, 0.3) is 6.08 Å². The first-order valence-electron chi connectivity index (χ1n) is 3.99. The van der Waals surface area contributed by atoms with Gasteiger partial charge in [-0.1, -0.05) is 24.3 Å². The van der Waals surface area contributed by atoms with Crippen LogP contribution in [-0.2, 0) is 4.84 Å². The van der Waals surface area contributed by atoms with Crippen molar-refractivity contribution in [1.29, 1.82) is 0 Å². The lowest BCUT2D eigenvalue weighted by molar-refractivity contribution is 0.168. The average molecular weight is 179 g/mol. The fourth-order valence-electron chi connectivity index (χ4n) is 0.985. The smallest absolute Gasteiger partial charge is 0.119 e. The lowest BCUT2D eigenvalue weighted by Gasteiger charge is -1.99. The Morgan fingerprint density at radius 3 is 3.00 bits per heavy atom. The molecule has 0 bridgehead atoms. The summed E-state index contributed by atoms with van der Waals surface area (Å²) in [6, 6.07) is 7.75. The van der Waals surface area contributed by atoms with Gasteiger partial charge in [-0.05, 0) is 17.7 Å². The Bertz CT molecular complexity index is 284. The van der Waals surface area contributed by atoms with Gasteiger partial charge in [-0.3, -0.25) is 0 Å². The Morgan fingerprint density at radius 1 is 1.46 bits per heavy atom. The number of methoxy groups -OCH3 is 1. The summed E-state index contributed by atoms with van der Waals surface area (Å²) in [5.74, 6) is 5.72. The summed E-state index contributed by atoms with van der Waals surface area (Å²) in [6.45, 7) is 0.414. The number of ether oxygens (including phenoxy) is 1. The van der Waals surface area contributed by atoms with Crippen molar-refractivity contribution < 1.29 is 9.57 Å². The van der Waals surface area contributed by atoms with Crippen LogP contribution in [0.15, 0.2) is 30.3 Å². The summed E-state index contributed by atoms with van der Waals surface area (Å²) in [5, 5.41) is 0. The molecule has 0 spiro atoms. The number of hydrogen-bond acceptors (Lipinski definition) is 3. The quantitative estimate of drug-likeness (QED) is 0.714. The molecule has 0 saturated carbocycles. The Hall–Kier alpha value is -1.32. The molecule has 0 unspecified atom stereocenters. The molecule has 2 N–H and O–H groups in total. The van der Waals surface area contributed by atoms with Crippen molar-refractivity contribution in [1.82, 2.24) is 0 Å². The molecule has 1 rings (SSSR count). The fraction of sp³-hybridized carbons (Fsp3) is 0.200. The van der Waals surface area contributed by atoms with Crippen molar-refractivity contribution in [3.8, 4) is 5.75 Å². The van der Waals surface area contributed by atoms with Gasteiger partial charge in [-0.15, -0.1) is 0 Å². The average Bonchev–Trinajstić information content (AvgIpc) is 2.19. The van der Waals surface area contributed by atoms with Crippen LogP contribution in [0.3, 0.4) is 0 Å². The first-order valence-corrected chi connectivity index (χ1v) is 3.99. The molecule has 0 heterocycles. The van der Waals surface area contributed by atoms with Crippen LogP contribution in [0.5, 0.6) is 5.75 Å². The third-order valence-electron chi connectivity index (χ3n) is 1.60. The second-order valence-corrected chi connectivity index (χ2v) is 2.51. The van der Waals surface area contributed by atoms with Crippen molar-refractivity contribution in [2.24, 2.45) is 5.90 Å². The molecule has 3 heteroatoms. The molecular weight excluding hydrogens is 166 g/mol. The van der Waals surface area contributed by atoms with Crippen molar-refractivity contribution >= 4 is 6.08 Å². The molecular formula is C10H13NO2. The first kappa shape index (κ1) is 9.77. The number of nitrogens with two attached hydrogens (primary N) is 1. The molecule has 1 aromatic carbocycles. The van der Waals surface area contributed by atoms with Gasteiger partial charge >= 0.3 is 0 Å². The van der Waals surface area contributed by atoms with E-state index in [2.05, 4.69) is 4.84 Å². The third kappa shape index (κ3) is 3.27. The number of benzene rings is 1. The summed E-state index contributed by atoms with van der Waals surface area (Å²) in [4.78, 5) is 4.40. The Labute approximate surface area is 77.7 Å². The van der Waals surface area contributed by atoms with E-state index in [0.717, 1.165) is 11.3 Å². The van der Waals surface area contributed by atoms with Gasteiger partial charge < -0.3 is 9.57 Å². The number of hydrogen-bond donors (Lipinski definition) is 1. The van der Waals surface area contributed by atoms with E-state index in [4.69, 9.17) is 10.6 Å². The van der Waals surface area contributed by atoms with Crippen molar-refractivity contribution in [2.45, 2.75) is 0 Å². The Morgan fingerprint density at radius 2 is 2.31 bits per heavy atom. The number of rotatable bonds is 4. The molecule has 0 aliphatic rings. The van der Waals surface area contributed by atoms with Crippen LogP contribution in [0.1, 0.15) is 5.56 Å². The van der Waals surface area contributed by atoms with Gasteiger partial charge in [-0.25, -0.2) is 5.90 Å². The summed E-state index contributed by atoms with van der Waals surface area (Å²) in [7, 11) is 1.64. The minimum absolute atomic E-state index is 0.414. The van der Waals surface area contributed by atoms with E-state index in [1.54, 1.807) is 7.11 Å². The standard InChI is InChI=1S/C10H13NO2/c1-12-10-6-2-4-9(8-10)5-3-7-13-11/h2-6,8H,7,11H2,1H3/b5-3+. The summed E-state index contributed by atoms with van der Waals surface area (Å²) in [5.41, 5.74) is 1.07. The van der Waals surface area contributed by atoms with Crippen LogP contribution in [-0.4, -0.2) is 13.7 Å². The van der Waals surface area contributed by atoms with Gasteiger partial charge in [0.15, 0.2) is 0 Å². The maximum Gasteiger partial charge on any atom is 0.119 e. The van der Waals surface area contributed by atoms with Gasteiger partial charge in [0.05, 0.1) is 13.7 Å². The predicted molar refractivity (Wildman–Crippen MR) is 52.2 cm³/mol. The fourth-order valence-corrected chi connectivity index (χ4v) is 0.985. The van der Waals surface area contributed by atoms with E-state index in [9.17, 15) is 0 Å². The topological polar surface area (TPSA) is 44.5 Å². The second kappa shape index (κ2) is 5.35. The highest BCUT2D eigenvalue weighted by molar-refractivity contribution is 5.51. The molecule has 70 valence electrons. The molecule has 1 aromatic rings. The lowest BCUT2D eigenvalue weighted by atomic mass is 10.2. The van der Waals surface area contributed by atoms with Gasteiger partial charge in [0, 0.05) is 0 Å². The van der Waals surface area contributed by atoms with Gasteiger partial charge in [0.1, 0.15) is 5.75 Å². The normalized spacial score (nSPS) is 10.6. The molecule has 3 nitrogen and oxygen atoms in total.